The van der Waals surface area contributed by atoms with Gasteiger partial charge in [-0.25, -0.2) is 0 Å². The highest BCUT2D eigenvalue weighted by Gasteiger charge is 2.05. The zero-order valence-corrected chi connectivity index (χ0v) is 8.39. The maximum absolute atomic E-state index is 5.28. The molecule has 1 fully saturated rings. The molecule has 1 rings (SSSR count). The molecule has 0 N–H and O–H groups in total. The Morgan fingerprint density at radius 2 is 1.73 bits per heavy atom. The van der Waals surface area contributed by atoms with Crippen LogP contribution in [-0.2, 0) is 4.74 Å². The first-order valence-electron chi connectivity index (χ1n) is 4.74. The van der Waals surface area contributed by atoms with Crippen LogP contribution in [0.2, 0.25) is 0 Å². The summed E-state index contributed by atoms with van der Waals surface area (Å²) in [7, 11) is 0. The summed E-state index contributed by atoms with van der Waals surface area (Å²) in [5.41, 5.74) is 0. The van der Waals surface area contributed by atoms with Gasteiger partial charge in [0.05, 0.1) is 6.10 Å². The summed E-state index contributed by atoms with van der Waals surface area (Å²) in [6, 6.07) is 0. The average molecular weight is 158 g/mol. The van der Waals surface area contributed by atoms with Gasteiger partial charge in [0.1, 0.15) is 0 Å². The van der Waals surface area contributed by atoms with E-state index in [1.54, 1.807) is 0 Å². The Kier molecular flexibility index (Phi) is 6.63. The van der Waals surface area contributed by atoms with Crippen molar-refractivity contribution in [2.75, 3.05) is 6.61 Å². The van der Waals surface area contributed by atoms with Gasteiger partial charge in [-0.1, -0.05) is 20.8 Å². The molecule has 1 heteroatoms. The van der Waals surface area contributed by atoms with Crippen molar-refractivity contribution in [3.63, 3.8) is 0 Å². The maximum atomic E-state index is 5.28. The minimum absolute atomic E-state index is 0.536. The molecule has 0 aliphatic carbocycles. The highest BCUT2D eigenvalue weighted by atomic mass is 16.5. The second kappa shape index (κ2) is 6.66. The maximum Gasteiger partial charge on any atom is 0.0547 e. The van der Waals surface area contributed by atoms with Crippen LogP contribution >= 0.6 is 0 Å². The predicted molar refractivity (Wildman–Crippen MR) is 49.8 cm³/mol. The van der Waals surface area contributed by atoms with Crippen LogP contribution in [-0.4, -0.2) is 12.7 Å². The van der Waals surface area contributed by atoms with Gasteiger partial charge in [-0.15, -0.1) is 0 Å². The second-order valence-corrected chi connectivity index (χ2v) is 3.91. The van der Waals surface area contributed by atoms with Crippen molar-refractivity contribution in [2.45, 2.75) is 53.1 Å². The number of rotatable bonds is 0. The normalized spacial score (nSPS) is 24.3. The number of hydrogen-bond acceptors (Lipinski definition) is 1. The van der Waals surface area contributed by atoms with Crippen molar-refractivity contribution in [1.29, 1.82) is 0 Å². The Morgan fingerprint density at radius 1 is 1.18 bits per heavy atom. The van der Waals surface area contributed by atoms with Crippen molar-refractivity contribution in [3.8, 4) is 0 Å². The van der Waals surface area contributed by atoms with E-state index in [-0.39, 0.29) is 0 Å². The number of hydrogen-bond donors (Lipinski definition) is 0. The lowest BCUT2D eigenvalue weighted by molar-refractivity contribution is 0.0285. The van der Waals surface area contributed by atoms with Crippen LogP contribution in [0.25, 0.3) is 0 Å². The molecule has 0 spiro atoms. The van der Waals surface area contributed by atoms with Crippen LogP contribution in [0, 0.1) is 5.92 Å². The van der Waals surface area contributed by atoms with Gasteiger partial charge < -0.3 is 4.74 Å². The summed E-state index contributed by atoms with van der Waals surface area (Å²) in [5.74, 6) is 0.833. The fourth-order valence-corrected chi connectivity index (χ4v) is 0.902. The van der Waals surface area contributed by atoms with Crippen molar-refractivity contribution in [3.05, 3.63) is 0 Å². The quantitative estimate of drug-likeness (QED) is 0.526. The lowest BCUT2D eigenvalue weighted by Gasteiger charge is -2.17. The third kappa shape index (κ3) is 9.96. The molecule has 0 radical (unpaired) electrons. The zero-order valence-electron chi connectivity index (χ0n) is 8.39. The smallest absolute Gasteiger partial charge is 0.0547 e. The summed E-state index contributed by atoms with van der Waals surface area (Å²) in [6.07, 6.45) is 4.43. The standard InChI is InChI=1S/C6H12O.C4H10/c1-6-4-2-3-5-7-6;1-4(2)3/h6H,2-5H2,1H3;4H,1-3H3. The summed E-state index contributed by atoms with van der Waals surface area (Å²) >= 11 is 0. The first kappa shape index (κ1) is 11.0. The summed E-state index contributed by atoms with van der Waals surface area (Å²) in [6.45, 7) is 9.63. The Hall–Kier alpha value is -0.0400. The molecule has 1 aliphatic heterocycles. The third-order valence-electron chi connectivity index (χ3n) is 1.41. The monoisotopic (exact) mass is 158 g/mol. The fraction of sp³-hybridized carbons (Fsp3) is 1.00. The summed E-state index contributed by atoms with van der Waals surface area (Å²) in [4.78, 5) is 0. The minimum atomic E-state index is 0.536. The van der Waals surface area contributed by atoms with E-state index in [1.165, 1.54) is 19.3 Å². The first-order chi connectivity index (χ1) is 5.13. The molecule has 0 aromatic rings. The Morgan fingerprint density at radius 3 is 1.91 bits per heavy atom. The molecule has 1 unspecified atom stereocenters. The van der Waals surface area contributed by atoms with Gasteiger partial charge in [0.25, 0.3) is 0 Å². The van der Waals surface area contributed by atoms with Gasteiger partial charge in [-0.2, -0.15) is 0 Å². The van der Waals surface area contributed by atoms with Crippen molar-refractivity contribution in [2.24, 2.45) is 5.92 Å². The molecular weight excluding hydrogens is 136 g/mol. The molecule has 1 heterocycles. The molecular formula is C10H22O. The van der Waals surface area contributed by atoms with Crippen LogP contribution in [0.3, 0.4) is 0 Å². The SMILES string of the molecule is CC(C)C.CC1CCCCO1. The summed E-state index contributed by atoms with van der Waals surface area (Å²) < 4.78 is 5.28. The highest BCUT2D eigenvalue weighted by Crippen LogP contribution is 2.10. The van der Waals surface area contributed by atoms with Gasteiger partial charge in [0.2, 0.25) is 0 Å². The van der Waals surface area contributed by atoms with E-state index >= 15 is 0 Å². The highest BCUT2D eigenvalue weighted by molar-refractivity contribution is 4.55. The molecule has 11 heavy (non-hydrogen) atoms. The van der Waals surface area contributed by atoms with Crippen LogP contribution < -0.4 is 0 Å². The molecule has 68 valence electrons. The second-order valence-electron chi connectivity index (χ2n) is 3.91. The van der Waals surface area contributed by atoms with E-state index in [1.807, 2.05) is 0 Å². The molecule has 0 aromatic carbocycles. The van der Waals surface area contributed by atoms with Gasteiger partial charge in [0, 0.05) is 6.61 Å². The molecule has 1 atom stereocenters. The van der Waals surface area contributed by atoms with Gasteiger partial charge in [-0.3, -0.25) is 0 Å². The molecule has 0 aromatic heterocycles. The molecule has 0 bridgehead atoms. The third-order valence-corrected chi connectivity index (χ3v) is 1.41. The van der Waals surface area contributed by atoms with E-state index in [9.17, 15) is 0 Å². The van der Waals surface area contributed by atoms with Gasteiger partial charge in [-0.05, 0) is 32.1 Å². The topological polar surface area (TPSA) is 9.23 Å². The predicted octanol–water partition coefficient (Wildman–Crippen LogP) is 3.24. The van der Waals surface area contributed by atoms with Crippen LogP contribution in [0.4, 0.5) is 0 Å². The van der Waals surface area contributed by atoms with Crippen molar-refractivity contribution in [1.82, 2.24) is 0 Å². The molecule has 1 aliphatic rings. The van der Waals surface area contributed by atoms with Crippen LogP contribution in [0.15, 0.2) is 0 Å². The van der Waals surface area contributed by atoms with E-state index in [0.29, 0.717) is 6.10 Å². The largest absolute Gasteiger partial charge is 0.379 e. The Balaban J connectivity index is 0.000000218. The summed E-state index contributed by atoms with van der Waals surface area (Å²) in [5, 5.41) is 0. The number of ether oxygens (including phenoxy) is 1. The Labute approximate surface area is 71.1 Å². The van der Waals surface area contributed by atoms with Crippen LogP contribution in [0.1, 0.15) is 47.0 Å². The molecule has 0 saturated carbocycles. The fourth-order valence-electron chi connectivity index (χ4n) is 0.902. The molecule has 1 saturated heterocycles. The Bertz CT molecular complexity index is 70.2. The minimum Gasteiger partial charge on any atom is -0.379 e. The lowest BCUT2D eigenvalue weighted by atomic mass is 10.1. The van der Waals surface area contributed by atoms with Crippen LogP contribution in [0.5, 0.6) is 0 Å². The molecule has 0 amide bonds. The van der Waals surface area contributed by atoms with Crippen molar-refractivity contribution < 1.29 is 4.74 Å². The van der Waals surface area contributed by atoms with E-state index < -0.39 is 0 Å². The zero-order chi connectivity index (χ0) is 8.69. The molecule has 1 nitrogen and oxygen atoms in total. The van der Waals surface area contributed by atoms with E-state index in [4.69, 9.17) is 4.74 Å². The average Bonchev–Trinajstić information content (AvgIpc) is 1.87. The van der Waals surface area contributed by atoms with Crippen molar-refractivity contribution >= 4 is 0 Å². The lowest BCUT2D eigenvalue weighted by Crippen LogP contribution is -2.14. The van der Waals surface area contributed by atoms with E-state index in [0.717, 1.165) is 12.5 Å². The van der Waals surface area contributed by atoms with Gasteiger partial charge >= 0.3 is 0 Å². The first-order valence-corrected chi connectivity index (χ1v) is 4.74. The van der Waals surface area contributed by atoms with Gasteiger partial charge in [0.15, 0.2) is 0 Å². The van der Waals surface area contributed by atoms with E-state index in [2.05, 4.69) is 27.7 Å².